The minimum atomic E-state index is -3.51. The topological polar surface area (TPSA) is 75.3 Å². The Morgan fingerprint density at radius 1 is 1.14 bits per heavy atom. The maximum Gasteiger partial charge on any atom is 0.241 e. The van der Waals surface area contributed by atoms with E-state index in [0.717, 1.165) is 12.0 Å². The summed E-state index contributed by atoms with van der Waals surface area (Å²) in [5.41, 5.74) is 0.427. The summed E-state index contributed by atoms with van der Waals surface area (Å²) >= 11 is 0. The molecule has 5 nitrogen and oxygen atoms in total. The number of hydrogen-bond acceptors (Lipinski definition) is 3. The number of carbonyl (C=O) groups excluding carboxylic acids is 1. The average Bonchev–Trinajstić information content (AvgIpc) is 2.40. The van der Waals surface area contributed by atoms with Gasteiger partial charge in [-0.3, -0.25) is 4.79 Å². The lowest BCUT2D eigenvalue weighted by molar-refractivity contribution is -0.121. The highest BCUT2D eigenvalue weighted by Crippen LogP contribution is 2.14. The van der Waals surface area contributed by atoms with Crippen LogP contribution in [0.15, 0.2) is 29.2 Å². The van der Waals surface area contributed by atoms with Gasteiger partial charge in [-0.2, -0.15) is 0 Å². The van der Waals surface area contributed by atoms with Gasteiger partial charge in [0.05, 0.1) is 4.90 Å². The van der Waals surface area contributed by atoms with Crippen LogP contribution in [0.5, 0.6) is 0 Å². The monoisotopic (exact) mass is 326 g/mol. The van der Waals surface area contributed by atoms with E-state index in [4.69, 9.17) is 0 Å². The molecule has 1 aromatic rings. The zero-order valence-corrected chi connectivity index (χ0v) is 14.6. The van der Waals surface area contributed by atoms with Gasteiger partial charge in [-0.05, 0) is 51.3 Å². The summed E-state index contributed by atoms with van der Waals surface area (Å²) in [5, 5.41) is 2.82. The first kappa shape index (κ1) is 18.6. The summed E-state index contributed by atoms with van der Waals surface area (Å²) in [6, 6.07) is 6.66. The van der Waals surface area contributed by atoms with Crippen molar-refractivity contribution < 1.29 is 13.2 Å². The first-order valence-electron chi connectivity index (χ1n) is 7.53. The van der Waals surface area contributed by atoms with E-state index in [9.17, 15) is 13.2 Å². The molecule has 0 aliphatic rings. The normalized spacial score (nSPS) is 12.2. The average molecular weight is 326 g/mol. The van der Waals surface area contributed by atoms with Gasteiger partial charge in [-0.15, -0.1) is 0 Å². The van der Waals surface area contributed by atoms with Gasteiger partial charge in [-0.25, -0.2) is 13.1 Å². The van der Waals surface area contributed by atoms with E-state index in [1.54, 1.807) is 45.0 Å². The second kappa shape index (κ2) is 7.74. The molecule has 0 radical (unpaired) electrons. The van der Waals surface area contributed by atoms with Gasteiger partial charge in [0.25, 0.3) is 0 Å². The van der Waals surface area contributed by atoms with E-state index in [2.05, 4.69) is 10.0 Å². The van der Waals surface area contributed by atoms with Crippen molar-refractivity contribution in [2.75, 3.05) is 6.54 Å². The fourth-order valence-electron chi connectivity index (χ4n) is 1.91. The standard InChI is InChI=1S/C16H26N2O3S/c1-5-12-17-15(19)11-8-13-6-9-14(10-7-13)22(20,21)18-16(2,3)4/h6-7,9-10,18H,5,8,11-12H2,1-4H3,(H,17,19). The molecule has 0 fully saturated rings. The van der Waals surface area contributed by atoms with Crippen LogP contribution in [-0.2, 0) is 21.2 Å². The van der Waals surface area contributed by atoms with Crippen molar-refractivity contribution in [2.45, 2.75) is 57.4 Å². The van der Waals surface area contributed by atoms with Gasteiger partial charge in [0.2, 0.25) is 15.9 Å². The molecule has 1 rings (SSSR count). The SMILES string of the molecule is CCCNC(=O)CCc1ccc(S(=O)(=O)NC(C)(C)C)cc1. The summed E-state index contributed by atoms with van der Waals surface area (Å²) in [4.78, 5) is 11.8. The quantitative estimate of drug-likeness (QED) is 0.807. The molecule has 0 aliphatic heterocycles. The van der Waals surface area contributed by atoms with E-state index in [-0.39, 0.29) is 10.8 Å². The van der Waals surface area contributed by atoms with E-state index in [1.165, 1.54) is 0 Å². The first-order chi connectivity index (χ1) is 10.1. The molecule has 0 spiro atoms. The zero-order chi connectivity index (χ0) is 16.8. The molecule has 0 aromatic heterocycles. The fraction of sp³-hybridized carbons (Fsp3) is 0.562. The Bertz CT molecular complexity index is 587. The Balaban J connectivity index is 2.65. The molecule has 124 valence electrons. The highest BCUT2D eigenvalue weighted by Gasteiger charge is 2.21. The molecule has 0 heterocycles. The fourth-order valence-corrected chi connectivity index (χ4v) is 3.33. The number of aryl methyl sites for hydroxylation is 1. The molecule has 2 N–H and O–H groups in total. The molecule has 1 amide bonds. The maximum atomic E-state index is 12.2. The second-order valence-corrected chi connectivity index (χ2v) is 8.03. The number of sulfonamides is 1. The number of carbonyl (C=O) groups is 1. The van der Waals surface area contributed by atoms with Crippen LogP contribution in [0.2, 0.25) is 0 Å². The summed E-state index contributed by atoms with van der Waals surface area (Å²) in [6.45, 7) is 8.09. The predicted molar refractivity (Wildman–Crippen MR) is 88.1 cm³/mol. The van der Waals surface area contributed by atoms with Crippen LogP contribution in [0.1, 0.15) is 46.1 Å². The van der Waals surface area contributed by atoms with Crippen LogP contribution < -0.4 is 10.0 Å². The van der Waals surface area contributed by atoms with E-state index >= 15 is 0 Å². The Kier molecular flexibility index (Phi) is 6.56. The highest BCUT2D eigenvalue weighted by molar-refractivity contribution is 7.89. The Morgan fingerprint density at radius 2 is 1.73 bits per heavy atom. The van der Waals surface area contributed by atoms with Gasteiger partial charge in [-0.1, -0.05) is 19.1 Å². The molecule has 1 aromatic carbocycles. The second-order valence-electron chi connectivity index (χ2n) is 6.35. The molecule has 0 aliphatic carbocycles. The van der Waals surface area contributed by atoms with Crippen molar-refractivity contribution in [1.82, 2.24) is 10.0 Å². The van der Waals surface area contributed by atoms with Gasteiger partial charge >= 0.3 is 0 Å². The van der Waals surface area contributed by atoms with Crippen LogP contribution in [0, 0.1) is 0 Å². The molecule has 0 saturated carbocycles. The minimum Gasteiger partial charge on any atom is -0.356 e. The summed E-state index contributed by atoms with van der Waals surface area (Å²) in [5.74, 6) is 0.0212. The Morgan fingerprint density at radius 3 is 2.23 bits per heavy atom. The van der Waals surface area contributed by atoms with E-state index in [0.29, 0.717) is 19.4 Å². The van der Waals surface area contributed by atoms with Crippen molar-refractivity contribution in [3.05, 3.63) is 29.8 Å². The predicted octanol–water partition coefficient (Wildman–Crippen LogP) is 2.22. The van der Waals surface area contributed by atoms with Crippen molar-refractivity contribution in [3.8, 4) is 0 Å². The molecule has 6 heteroatoms. The highest BCUT2D eigenvalue weighted by atomic mass is 32.2. The van der Waals surface area contributed by atoms with Gasteiger partial charge in [0, 0.05) is 18.5 Å². The lowest BCUT2D eigenvalue weighted by Gasteiger charge is -2.20. The first-order valence-corrected chi connectivity index (χ1v) is 9.02. The van der Waals surface area contributed by atoms with Crippen LogP contribution in [0.25, 0.3) is 0 Å². The maximum absolute atomic E-state index is 12.2. The molecular formula is C16H26N2O3S. The number of amides is 1. The smallest absolute Gasteiger partial charge is 0.241 e. The third-order valence-corrected chi connectivity index (χ3v) is 4.66. The summed E-state index contributed by atoms with van der Waals surface area (Å²) in [6.07, 6.45) is 1.92. The summed E-state index contributed by atoms with van der Waals surface area (Å²) < 4.78 is 26.9. The lowest BCUT2D eigenvalue weighted by atomic mass is 10.1. The number of benzene rings is 1. The minimum absolute atomic E-state index is 0.0212. The van der Waals surface area contributed by atoms with Gasteiger partial charge < -0.3 is 5.32 Å². The molecule has 0 atom stereocenters. The van der Waals surface area contributed by atoms with Gasteiger partial charge in [0.15, 0.2) is 0 Å². The van der Waals surface area contributed by atoms with E-state index in [1.807, 2.05) is 6.92 Å². The third kappa shape index (κ3) is 6.58. The van der Waals surface area contributed by atoms with Crippen molar-refractivity contribution in [3.63, 3.8) is 0 Å². The van der Waals surface area contributed by atoms with Crippen molar-refractivity contribution >= 4 is 15.9 Å². The number of nitrogens with one attached hydrogen (secondary N) is 2. The van der Waals surface area contributed by atoms with Crippen LogP contribution in [-0.4, -0.2) is 26.4 Å². The summed E-state index contributed by atoms with van der Waals surface area (Å²) in [7, 11) is -3.51. The molecule has 22 heavy (non-hydrogen) atoms. The number of rotatable bonds is 7. The van der Waals surface area contributed by atoms with E-state index < -0.39 is 15.6 Å². The largest absolute Gasteiger partial charge is 0.356 e. The molecule has 0 bridgehead atoms. The Hall–Kier alpha value is -1.40. The van der Waals surface area contributed by atoms with Crippen LogP contribution in [0.4, 0.5) is 0 Å². The van der Waals surface area contributed by atoms with Crippen molar-refractivity contribution in [1.29, 1.82) is 0 Å². The zero-order valence-electron chi connectivity index (χ0n) is 13.8. The molecule has 0 saturated heterocycles. The van der Waals surface area contributed by atoms with Crippen LogP contribution in [0.3, 0.4) is 0 Å². The molecular weight excluding hydrogens is 300 g/mol. The molecule has 0 unspecified atom stereocenters. The van der Waals surface area contributed by atoms with Crippen molar-refractivity contribution in [2.24, 2.45) is 0 Å². The lowest BCUT2D eigenvalue weighted by Crippen LogP contribution is -2.40. The number of hydrogen-bond donors (Lipinski definition) is 2. The van der Waals surface area contributed by atoms with Crippen LogP contribution >= 0.6 is 0 Å². The Labute approximate surface area is 133 Å². The third-order valence-electron chi connectivity index (χ3n) is 2.89. The van der Waals surface area contributed by atoms with Gasteiger partial charge in [0.1, 0.15) is 0 Å².